The van der Waals surface area contributed by atoms with Gasteiger partial charge in [-0.3, -0.25) is 0 Å². The van der Waals surface area contributed by atoms with Crippen molar-refractivity contribution in [1.29, 1.82) is 0 Å². The molecule has 13 heavy (non-hydrogen) atoms. The number of halogens is 1. The molecule has 2 rings (SSSR count). The lowest BCUT2D eigenvalue weighted by molar-refractivity contribution is 0.112. The van der Waals surface area contributed by atoms with E-state index in [1.807, 2.05) is 18.2 Å². The summed E-state index contributed by atoms with van der Waals surface area (Å²) in [6, 6.07) is 7.98. The average Bonchev–Trinajstić information content (AvgIpc) is 2.60. The van der Waals surface area contributed by atoms with Gasteiger partial charge in [0.05, 0.1) is 6.10 Å². The Morgan fingerprint density at radius 3 is 3.00 bits per heavy atom. The second-order valence-electron chi connectivity index (χ2n) is 3.57. The highest BCUT2D eigenvalue weighted by molar-refractivity contribution is 5.35. The molecular formula is C11H13FO. The molecule has 0 heterocycles. The van der Waals surface area contributed by atoms with E-state index in [1.54, 1.807) is 0 Å². The van der Waals surface area contributed by atoms with Gasteiger partial charge in [-0.05, 0) is 24.0 Å². The van der Waals surface area contributed by atoms with Crippen LogP contribution in [0.5, 0.6) is 0 Å². The van der Waals surface area contributed by atoms with Gasteiger partial charge in [0, 0.05) is 5.92 Å². The number of aliphatic hydroxyl groups is 1. The van der Waals surface area contributed by atoms with Gasteiger partial charge in [0.2, 0.25) is 0 Å². The second-order valence-corrected chi connectivity index (χ2v) is 3.57. The predicted molar refractivity (Wildman–Crippen MR) is 49.5 cm³/mol. The predicted octanol–water partition coefficient (Wildman–Crippen LogP) is 2.05. The van der Waals surface area contributed by atoms with Gasteiger partial charge in [-0.1, -0.05) is 24.3 Å². The van der Waals surface area contributed by atoms with Gasteiger partial charge in [-0.15, -0.1) is 0 Å². The van der Waals surface area contributed by atoms with Crippen LogP contribution < -0.4 is 0 Å². The van der Waals surface area contributed by atoms with Crippen LogP contribution in [0.15, 0.2) is 24.3 Å². The summed E-state index contributed by atoms with van der Waals surface area (Å²) in [6.45, 7) is -0.640. The van der Waals surface area contributed by atoms with Crippen LogP contribution in [0.1, 0.15) is 23.5 Å². The third kappa shape index (κ3) is 1.46. The Morgan fingerprint density at radius 1 is 1.46 bits per heavy atom. The molecule has 1 aromatic rings. The minimum Gasteiger partial charge on any atom is -0.390 e. The van der Waals surface area contributed by atoms with Gasteiger partial charge in [0.25, 0.3) is 0 Å². The maximum absolute atomic E-state index is 12.3. The number of aliphatic hydroxyl groups excluding tert-OH is 1. The number of benzene rings is 1. The van der Waals surface area contributed by atoms with Gasteiger partial charge in [0.1, 0.15) is 6.67 Å². The molecule has 0 aromatic heterocycles. The molecule has 2 heteroatoms. The molecule has 0 spiro atoms. The van der Waals surface area contributed by atoms with Crippen molar-refractivity contribution in [3.63, 3.8) is 0 Å². The molecular weight excluding hydrogens is 167 g/mol. The lowest BCUT2D eigenvalue weighted by atomic mass is 9.96. The zero-order chi connectivity index (χ0) is 9.26. The molecule has 0 radical (unpaired) electrons. The highest BCUT2D eigenvalue weighted by Gasteiger charge is 2.27. The van der Waals surface area contributed by atoms with Gasteiger partial charge in [0.15, 0.2) is 0 Å². The molecule has 0 amide bonds. The summed E-state index contributed by atoms with van der Waals surface area (Å²) in [4.78, 5) is 0. The number of alkyl halides is 1. The monoisotopic (exact) mass is 180 g/mol. The summed E-state index contributed by atoms with van der Waals surface area (Å²) in [5.41, 5.74) is 2.40. The van der Waals surface area contributed by atoms with E-state index in [1.165, 1.54) is 5.56 Å². The van der Waals surface area contributed by atoms with E-state index in [0.717, 1.165) is 18.4 Å². The van der Waals surface area contributed by atoms with Crippen molar-refractivity contribution in [1.82, 2.24) is 0 Å². The molecule has 1 nitrogen and oxygen atoms in total. The second kappa shape index (κ2) is 3.46. The minimum atomic E-state index is -0.816. The van der Waals surface area contributed by atoms with Crippen molar-refractivity contribution in [2.75, 3.05) is 6.67 Å². The van der Waals surface area contributed by atoms with E-state index in [9.17, 15) is 9.50 Å². The fourth-order valence-corrected chi connectivity index (χ4v) is 2.10. The van der Waals surface area contributed by atoms with E-state index < -0.39 is 12.8 Å². The number of fused-ring (bicyclic) bond motifs is 1. The summed E-state index contributed by atoms with van der Waals surface area (Å²) in [5.74, 6) is 0.0150. The van der Waals surface area contributed by atoms with E-state index in [2.05, 4.69) is 6.07 Å². The topological polar surface area (TPSA) is 20.2 Å². The van der Waals surface area contributed by atoms with Crippen LogP contribution in [0.4, 0.5) is 4.39 Å². The summed E-state index contributed by atoms with van der Waals surface area (Å²) < 4.78 is 12.3. The summed E-state index contributed by atoms with van der Waals surface area (Å²) in [7, 11) is 0. The van der Waals surface area contributed by atoms with Crippen molar-refractivity contribution in [2.24, 2.45) is 0 Å². The van der Waals surface area contributed by atoms with E-state index in [-0.39, 0.29) is 5.92 Å². The number of hydrogen-bond acceptors (Lipinski definition) is 1. The van der Waals surface area contributed by atoms with Gasteiger partial charge >= 0.3 is 0 Å². The molecule has 1 aliphatic rings. The first-order valence-corrected chi connectivity index (χ1v) is 4.64. The molecule has 0 saturated carbocycles. The lowest BCUT2D eigenvalue weighted by Crippen LogP contribution is -2.18. The van der Waals surface area contributed by atoms with Crippen molar-refractivity contribution in [2.45, 2.75) is 24.9 Å². The first kappa shape index (κ1) is 8.70. The van der Waals surface area contributed by atoms with Gasteiger partial charge in [-0.25, -0.2) is 4.39 Å². The van der Waals surface area contributed by atoms with Crippen LogP contribution in [0.3, 0.4) is 0 Å². The maximum Gasteiger partial charge on any atom is 0.116 e. The van der Waals surface area contributed by atoms with E-state index >= 15 is 0 Å². The van der Waals surface area contributed by atoms with Crippen molar-refractivity contribution in [3.8, 4) is 0 Å². The molecule has 1 aliphatic carbocycles. The minimum absolute atomic E-state index is 0.0150. The molecule has 1 N–H and O–H groups in total. The maximum atomic E-state index is 12.3. The van der Waals surface area contributed by atoms with Crippen molar-refractivity contribution in [3.05, 3.63) is 35.4 Å². The molecule has 0 fully saturated rings. The molecule has 0 aliphatic heterocycles. The van der Waals surface area contributed by atoms with Crippen molar-refractivity contribution < 1.29 is 9.50 Å². The Labute approximate surface area is 77.2 Å². The standard InChI is InChI=1S/C11H13FO/c12-7-11(13)10-6-5-8-3-1-2-4-9(8)10/h1-4,10-11,13H,5-7H2. The largest absolute Gasteiger partial charge is 0.390 e. The van der Waals surface area contributed by atoms with Gasteiger partial charge < -0.3 is 5.11 Å². The lowest BCUT2D eigenvalue weighted by Gasteiger charge is -2.15. The Morgan fingerprint density at radius 2 is 2.23 bits per heavy atom. The number of hydrogen-bond donors (Lipinski definition) is 1. The fraction of sp³-hybridized carbons (Fsp3) is 0.455. The SMILES string of the molecule is OC(CF)C1CCc2ccccc21. The van der Waals surface area contributed by atoms with E-state index in [0.29, 0.717) is 0 Å². The van der Waals surface area contributed by atoms with Crippen LogP contribution >= 0.6 is 0 Å². The van der Waals surface area contributed by atoms with Crippen LogP contribution in [-0.4, -0.2) is 17.9 Å². The first-order chi connectivity index (χ1) is 6.33. The van der Waals surface area contributed by atoms with Crippen LogP contribution in [0, 0.1) is 0 Å². The quantitative estimate of drug-likeness (QED) is 0.738. The Bertz CT molecular complexity index is 298. The van der Waals surface area contributed by atoms with Crippen LogP contribution in [-0.2, 0) is 6.42 Å². The molecule has 1 aromatic carbocycles. The summed E-state index contributed by atoms with van der Waals surface area (Å²) in [6.07, 6.45) is 1.03. The zero-order valence-electron chi connectivity index (χ0n) is 7.41. The zero-order valence-corrected chi connectivity index (χ0v) is 7.41. The molecule has 2 unspecified atom stereocenters. The number of rotatable bonds is 2. The van der Waals surface area contributed by atoms with Crippen LogP contribution in [0.2, 0.25) is 0 Å². The third-order valence-corrected chi connectivity index (χ3v) is 2.80. The highest BCUT2D eigenvalue weighted by atomic mass is 19.1. The van der Waals surface area contributed by atoms with Crippen LogP contribution in [0.25, 0.3) is 0 Å². The molecule has 0 bridgehead atoms. The number of aryl methyl sites for hydroxylation is 1. The smallest absolute Gasteiger partial charge is 0.116 e. The van der Waals surface area contributed by atoms with E-state index in [4.69, 9.17) is 0 Å². The third-order valence-electron chi connectivity index (χ3n) is 2.80. The Kier molecular flexibility index (Phi) is 2.32. The normalized spacial score (nSPS) is 22.8. The van der Waals surface area contributed by atoms with Crippen molar-refractivity contribution >= 4 is 0 Å². The fourth-order valence-electron chi connectivity index (χ4n) is 2.10. The first-order valence-electron chi connectivity index (χ1n) is 4.64. The highest BCUT2D eigenvalue weighted by Crippen LogP contribution is 2.35. The van der Waals surface area contributed by atoms with Gasteiger partial charge in [-0.2, -0.15) is 0 Å². The molecule has 0 saturated heterocycles. The Balaban J connectivity index is 2.28. The molecule has 2 atom stereocenters. The molecule has 70 valence electrons. The average molecular weight is 180 g/mol. The summed E-state index contributed by atoms with van der Waals surface area (Å²) >= 11 is 0. The Hall–Kier alpha value is -0.890. The summed E-state index contributed by atoms with van der Waals surface area (Å²) in [5, 5.41) is 9.43.